The highest BCUT2D eigenvalue weighted by molar-refractivity contribution is 8.00. The molecule has 4 rings (SSSR count). The van der Waals surface area contributed by atoms with Gasteiger partial charge < -0.3 is 14.2 Å². The number of hydrogen-bond acceptors (Lipinski definition) is 6. The summed E-state index contributed by atoms with van der Waals surface area (Å²) in [5.41, 5.74) is 3.05. The highest BCUT2D eigenvalue weighted by Crippen LogP contribution is 2.39. The van der Waals surface area contributed by atoms with Crippen molar-refractivity contribution in [2.45, 2.75) is 10.1 Å². The molecule has 2 aromatic carbocycles. The Labute approximate surface area is 158 Å². The van der Waals surface area contributed by atoms with E-state index < -0.39 is 0 Å². The minimum Gasteiger partial charge on any atom is -0.497 e. The number of halogens is 1. The fraction of sp³-hybridized carbons (Fsp3) is 0.167. The molecule has 0 aliphatic carbocycles. The van der Waals surface area contributed by atoms with E-state index in [2.05, 4.69) is 5.38 Å². The van der Waals surface area contributed by atoms with Crippen molar-refractivity contribution in [2.75, 3.05) is 13.9 Å². The Bertz CT molecular complexity index is 896. The van der Waals surface area contributed by atoms with E-state index >= 15 is 0 Å². The standard InChI is InChI=1S/C18H14ClNO3S2/c1-21-13-4-2-11(3-5-13)15-9-25-18(20-15)24-8-12-6-16-17(7-14(12)19)23-10-22-16/h2-7,9H,8,10H2,1H3. The molecule has 25 heavy (non-hydrogen) atoms. The molecule has 0 saturated carbocycles. The second-order valence-electron chi connectivity index (χ2n) is 5.31. The van der Waals surface area contributed by atoms with Gasteiger partial charge in [0.05, 0.1) is 12.8 Å². The van der Waals surface area contributed by atoms with Crippen LogP contribution in [0, 0.1) is 0 Å². The van der Waals surface area contributed by atoms with E-state index in [1.165, 1.54) is 0 Å². The summed E-state index contributed by atoms with van der Waals surface area (Å²) in [5, 5.41) is 2.74. The average molecular weight is 392 g/mol. The van der Waals surface area contributed by atoms with Crippen LogP contribution in [0.5, 0.6) is 17.2 Å². The summed E-state index contributed by atoms with van der Waals surface area (Å²) in [5.74, 6) is 3.02. The van der Waals surface area contributed by atoms with E-state index in [1.807, 2.05) is 36.4 Å². The molecule has 1 aromatic heterocycles. The minimum atomic E-state index is 0.250. The van der Waals surface area contributed by atoms with Gasteiger partial charge in [0.1, 0.15) is 5.75 Å². The zero-order valence-corrected chi connectivity index (χ0v) is 15.7. The van der Waals surface area contributed by atoms with Gasteiger partial charge in [0.15, 0.2) is 15.8 Å². The Balaban J connectivity index is 1.46. The molecule has 4 nitrogen and oxygen atoms in total. The Morgan fingerprint density at radius 2 is 1.96 bits per heavy atom. The number of methoxy groups -OCH3 is 1. The van der Waals surface area contributed by atoms with Crippen LogP contribution in [0.25, 0.3) is 11.3 Å². The van der Waals surface area contributed by atoms with Gasteiger partial charge in [0, 0.05) is 27.8 Å². The molecule has 0 N–H and O–H groups in total. The lowest BCUT2D eigenvalue weighted by atomic mass is 10.2. The lowest BCUT2D eigenvalue weighted by molar-refractivity contribution is 0.174. The van der Waals surface area contributed by atoms with E-state index in [4.69, 9.17) is 30.8 Å². The number of fused-ring (bicyclic) bond motifs is 1. The highest BCUT2D eigenvalue weighted by Gasteiger charge is 2.17. The maximum atomic E-state index is 6.33. The number of thiazole rings is 1. The molecule has 1 aliphatic heterocycles. The summed E-state index contributed by atoms with van der Waals surface area (Å²) in [6.07, 6.45) is 0. The summed E-state index contributed by atoms with van der Waals surface area (Å²) in [6.45, 7) is 0.250. The minimum absolute atomic E-state index is 0.250. The Morgan fingerprint density at radius 1 is 1.20 bits per heavy atom. The number of nitrogens with zero attached hydrogens (tertiary/aromatic N) is 1. The molecule has 0 spiro atoms. The van der Waals surface area contributed by atoms with Gasteiger partial charge in [0.2, 0.25) is 6.79 Å². The van der Waals surface area contributed by atoms with Crippen molar-refractivity contribution in [1.82, 2.24) is 4.98 Å². The molecule has 0 amide bonds. The number of hydrogen-bond donors (Lipinski definition) is 0. The van der Waals surface area contributed by atoms with Crippen molar-refractivity contribution in [2.24, 2.45) is 0 Å². The van der Waals surface area contributed by atoms with Crippen molar-refractivity contribution in [3.05, 3.63) is 52.4 Å². The molecule has 0 fully saturated rings. The molecule has 0 radical (unpaired) electrons. The molecule has 1 aliphatic rings. The van der Waals surface area contributed by atoms with Crippen molar-refractivity contribution in [1.29, 1.82) is 0 Å². The van der Waals surface area contributed by atoms with Crippen LogP contribution in [0.15, 0.2) is 46.1 Å². The normalized spacial score (nSPS) is 12.4. The number of thioether (sulfide) groups is 1. The van der Waals surface area contributed by atoms with Crippen LogP contribution in [-0.2, 0) is 5.75 Å². The first-order chi connectivity index (χ1) is 12.2. The largest absolute Gasteiger partial charge is 0.497 e. The Morgan fingerprint density at radius 3 is 2.72 bits per heavy atom. The van der Waals surface area contributed by atoms with Gasteiger partial charge in [-0.3, -0.25) is 0 Å². The predicted molar refractivity (Wildman–Crippen MR) is 101 cm³/mol. The van der Waals surface area contributed by atoms with Crippen LogP contribution < -0.4 is 14.2 Å². The fourth-order valence-electron chi connectivity index (χ4n) is 2.43. The van der Waals surface area contributed by atoms with Gasteiger partial charge >= 0.3 is 0 Å². The van der Waals surface area contributed by atoms with Gasteiger partial charge in [-0.15, -0.1) is 11.3 Å². The SMILES string of the molecule is COc1ccc(-c2csc(SCc3cc4c(cc3Cl)OCO4)n2)cc1. The van der Waals surface area contributed by atoms with E-state index in [0.29, 0.717) is 10.8 Å². The third-order valence-electron chi connectivity index (χ3n) is 3.76. The summed E-state index contributed by atoms with van der Waals surface area (Å²) in [4.78, 5) is 4.69. The molecule has 0 unspecified atom stereocenters. The number of aromatic nitrogens is 1. The van der Waals surface area contributed by atoms with E-state index in [0.717, 1.165) is 38.4 Å². The van der Waals surface area contributed by atoms with E-state index in [1.54, 1.807) is 30.2 Å². The second-order valence-corrected chi connectivity index (χ2v) is 7.80. The molecular weight excluding hydrogens is 378 g/mol. The summed E-state index contributed by atoms with van der Waals surface area (Å²) < 4.78 is 16.9. The highest BCUT2D eigenvalue weighted by atomic mass is 35.5. The van der Waals surface area contributed by atoms with Crippen LogP contribution in [0.4, 0.5) is 0 Å². The maximum Gasteiger partial charge on any atom is 0.231 e. The van der Waals surface area contributed by atoms with Crippen molar-refractivity contribution in [3.63, 3.8) is 0 Å². The van der Waals surface area contributed by atoms with Crippen LogP contribution >= 0.6 is 34.7 Å². The second kappa shape index (κ2) is 7.15. The van der Waals surface area contributed by atoms with E-state index in [9.17, 15) is 0 Å². The molecular formula is C18H14ClNO3S2. The van der Waals surface area contributed by atoms with Gasteiger partial charge in [0.25, 0.3) is 0 Å². The van der Waals surface area contributed by atoms with Gasteiger partial charge in [-0.1, -0.05) is 23.4 Å². The molecule has 128 valence electrons. The van der Waals surface area contributed by atoms with Crippen molar-refractivity contribution in [3.8, 4) is 28.5 Å². The molecule has 0 atom stereocenters. The smallest absolute Gasteiger partial charge is 0.231 e. The number of benzene rings is 2. The fourth-order valence-corrected chi connectivity index (χ4v) is 4.55. The zero-order valence-electron chi connectivity index (χ0n) is 13.3. The monoisotopic (exact) mass is 391 g/mol. The van der Waals surface area contributed by atoms with Crippen LogP contribution in [0.1, 0.15) is 5.56 Å². The van der Waals surface area contributed by atoms with Gasteiger partial charge in [-0.2, -0.15) is 0 Å². The zero-order chi connectivity index (χ0) is 17.2. The van der Waals surface area contributed by atoms with Crippen molar-refractivity contribution >= 4 is 34.7 Å². The Hall–Kier alpha value is -1.89. The molecule has 0 saturated heterocycles. The summed E-state index contributed by atoms with van der Waals surface area (Å²) in [6, 6.07) is 11.6. The molecule has 2 heterocycles. The predicted octanol–water partition coefficient (Wildman–Crippen LogP) is 5.49. The number of rotatable bonds is 5. The lowest BCUT2D eigenvalue weighted by Gasteiger charge is -2.04. The first-order valence-electron chi connectivity index (χ1n) is 7.54. The van der Waals surface area contributed by atoms with Crippen LogP contribution in [0.2, 0.25) is 5.02 Å². The third-order valence-corrected chi connectivity index (χ3v) is 6.18. The molecule has 7 heteroatoms. The summed E-state index contributed by atoms with van der Waals surface area (Å²) in [7, 11) is 1.66. The third kappa shape index (κ3) is 3.56. The number of ether oxygens (including phenoxy) is 3. The first kappa shape index (κ1) is 16.6. The average Bonchev–Trinajstić information content (AvgIpc) is 3.28. The topological polar surface area (TPSA) is 40.6 Å². The molecule has 3 aromatic rings. The quantitative estimate of drug-likeness (QED) is 0.537. The van der Waals surface area contributed by atoms with Gasteiger partial charge in [-0.05, 0) is 35.9 Å². The van der Waals surface area contributed by atoms with Crippen molar-refractivity contribution < 1.29 is 14.2 Å². The lowest BCUT2D eigenvalue weighted by Crippen LogP contribution is -1.92. The molecule has 0 bridgehead atoms. The summed E-state index contributed by atoms with van der Waals surface area (Å²) >= 11 is 9.61. The van der Waals surface area contributed by atoms with Gasteiger partial charge in [-0.25, -0.2) is 4.98 Å². The van der Waals surface area contributed by atoms with Crippen LogP contribution in [-0.4, -0.2) is 18.9 Å². The van der Waals surface area contributed by atoms with E-state index in [-0.39, 0.29) is 6.79 Å². The Kier molecular flexibility index (Phi) is 4.74. The first-order valence-corrected chi connectivity index (χ1v) is 9.78. The maximum absolute atomic E-state index is 6.33. The van der Waals surface area contributed by atoms with Crippen LogP contribution in [0.3, 0.4) is 0 Å².